The molecule has 2 aromatic heterocycles. The monoisotopic (exact) mass is 290 g/mol. The summed E-state index contributed by atoms with van der Waals surface area (Å²) in [6, 6.07) is 0.432. The van der Waals surface area contributed by atoms with Gasteiger partial charge in [-0.3, -0.25) is 4.90 Å². The molecular weight excluding hydrogens is 268 g/mol. The van der Waals surface area contributed by atoms with Gasteiger partial charge in [0.05, 0.1) is 17.4 Å². The third-order valence-corrected chi connectivity index (χ3v) is 5.25. The fourth-order valence-corrected chi connectivity index (χ4v) is 3.70. The van der Waals surface area contributed by atoms with Crippen LogP contribution in [0.3, 0.4) is 0 Å². The Bertz CT molecular complexity index is 574. The smallest absolute Gasteiger partial charge is 0.123 e. The van der Waals surface area contributed by atoms with Gasteiger partial charge in [0.1, 0.15) is 5.82 Å². The van der Waals surface area contributed by atoms with E-state index in [0.29, 0.717) is 6.04 Å². The van der Waals surface area contributed by atoms with Gasteiger partial charge in [0.2, 0.25) is 0 Å². The molecule has 4 nitrogen and oxygen atoms in total. The van der Waals surface area contributed by atoms with E-state index in [0.717, 1.165) is 24.6 Å². The molecule has 1 aliphatic heterocycles. The summed E-state index contributed by atoms with van der Waals surface area (Å²) in [5.41, 5.74) is 4.90. The van der Waals surface area contributed by atoms with Gasteiger partial charge in [0, 0.05) is 22.7 Å². The van der Waals surface area contributed by atoms with E-state index in [4.69, 9.17) is 4.98 Å². The zero-order valence-corrected chi connectivity index (χ0v) is 13.5. The van der Waals surface area contributed by atoms with Gasteiger partial charge in [0.25, 0.3) is 0 Å². The van der Waals surface area contributed by atoms with Crippen LogP contribution in [0.25, 0.3) is 0 Å². The Morgan fingerprint density at radius 3 is 2.65 bits per heavy atom. The molecule has 1 saturated heterocycles. The topological polar surface area (TPSA) is 44.8 Å². The van der Waals surface area contributed by atoms with Crippen LogP contribution in [-0.4, -0.2) is 25.8 Å². The lowest BCUT2D eigenvalue weighted by Gasteiger charge is -2.23. The quantitative estimate of drug-likeness (QED) is 0.942. The minimum absolute atomic E-state index is 0.432. The Kier molecular flexibility index (Phi) is 3.65. The molecule has 0 aliphatic carbocycles. The number of rotatable bonds is 3. The Balaban J connectivity index is 1.82. The number of likely N-dealkylation sites (tertiary alicyclic amines) is 1. The van der Waals surface area contributed by atoms with Gasteiger partial charge in [-0.05, 0) is 58.6 Å². The van der Waals surface area contributed by atoms with Crippen molar-refractivity contribution in [2.45, 2.75) is 53.1 Å². The van der Waals surface area contributed by atoms with Crippen LogP contribution < -0.4 is 0 Å². The van der Waals surface area contributed by atoms with Crippen molar-refractivity contribution >= 4 is 11.5 Å². The summed E-state index contributed by atoms with van der Waals surface area (Å²) in [6.07, 6.45) is 2.45. The minimum Gasteiger partial charge on any atom is -0.345 e. The number of imidazole rings is 1. The number of H-pyrrole nitrogens is 1. The van der Waals surface area contributed by atoms with Crippen LogP contribution in [-0.2, 0) is 6.54 Å². The number of hydrogen-bond donors (Lipinski definition) is 1. The lowest BCUT2D eigenvalue weighted by molar-refractivity contribution is 0.240. The van der Waals surface area contributed by atoms with Crippen molar-refractivity contribution < 1.29 is 0 Å². The zero-order chi connectivity index (χ0) is 14.3. The predicted octanol–water partition coefficient (Wildman–Crippen LogP) is 3.44. The Hall–Kier alpha value is -1.20. The summed E-state index contributed by atoms with van der Waals surface area (Å²) < 4.78 is 4.47. The van der Waals surface area contributed by atoms with Gasteiger partial charge < -0.3 is 4.98 Å². The second-order valence-corrected chi connectivity index (χ2v) is 6.74. The molecule has 2 aromatic rings. The van der Waals surface area contributed by atoms with E-state index < -0.39 is 0 Å². The Morgan fingerprint density at radius 1 is 1.25 bits per heavy atom. The lowest BCUT2D eigenvalue weighted by Crippen LogP contribution is -2.24. The second kappa shape index (κ2) is 5.30. The maximum absolute atomic E-state index is 4.71. The van der Waals surface area contributed by atoms with E-state index in [-0.39, 0.29) is 0 Å². The van der Waals surface area contributed by atoms with Gasteiger partial charge in [-0.1, -0.05) is 0 Å². The van der Waals surface area contributed by atoms with Crippen molar-refractivity contribution in [3.05, 3.63) is 33.3 Å². The molecule has 0 aromatic carbocycles. The second-order valence-electron chi connectivity index (χ2n) is 5.76. The standard InChI is InChI=1S/C15H22N4S/c1-9-10(2)17-15(16-9)14-6-5-7-19(14)8-13-11(3)18-20-12(13)4/h14H,5-8H2,1-4H3,(H,16,17)/t14-/m0/s1. The first-order valence-electron chi connectivity index (χ1n) is 7.25. The van der Waals surface area contributed by atoms with Gasteiger partial charge in [-0.2, -0.15) is 4.37 Å². The molecule has 3 rings (SSSR count). The Labute approximate surface area is 124 Å². The minimum atomic E-state index is 0.432. The number of hydrogen-bond acceptors (Lipinski definition) is 4. The summed E-state index contributed by atoms with van der Waals surface area (Å²) in [4.78, 5) is 12.1. The number of aryl methyl sites for hydroxylation is 4. The summed E-state index contributed by atoms with van der Waals surface area (Å²) in [7, 11) is 0. The van der Waals surface area contributed by atoms with Gasteiger partial charge in [0.15, 0.2) is 0 Å². The molecule has 0 unspecified atom stereocenters. The van der Waals surface area contributed by atoms with E-state index in [1.165, 1.54) is 34.7 Å². The van der Waals surface area contributed by atoms with Crippen molar-refractivity contribution in [3.8, 4) is 0 Å². The van der Waals surface area contributed by atoms with E-state index in [2.05, 4.69) is 42.0 Å². The lowest BCUT2D eigenvalue weighted by atomic mass is 10.1. The molecule has 1 fully saturated rings. The Morgan fingerprint density at radius 2 is 2.05 bits per heavy atom. The molecule has 3 heterocycles. The molecule has 5 heteroatoms. The van der Waals surface area contributed by atoms with Crippen LogP contribution in [0.2, 0.25) is 0 Å². The maximum Gasteiger partial charge on any atom is 0.123 e. The average Bonchev–Trinajstić information content (AvgIpc) is 3.07. The summed E-state index contributed by atoms with van der Waals surface area (Å²) in [6.45, 7) is 10.6. The molecule has 20 heavy (non-hydrogen) atoms. The molecule has 108 valence electrons. The van der Waals surface area contributed by atoms with Crippen molar-refractivity contribution in [2.75, 3.05) is 6.54 Å². The highest BCUT2D eigenvalue weighted by Crippen LogP contribution is 2.33. The van der Waals surface area contributed by atoms with Crippen LogP contribution in [0, 0.1) is 27.7 Å². The molecule has 0 bridgehead atoms. The third-order valence-electron chi connectivity index (χ3n) is 4.37. The number of nitrogens with zero attached hydrogens (tertiary/aromatic N) is 3. The highest BCUT2D eigenvalue weighted by Gasteiger charge is 2.29. The van der Waals surface area contributed by atoms with Crippen molar-refractivity contribution in [1.29, 1.82) is 0 Å². The molecule has 0 amide bonds. The van der Waals surface area contributed by atoms with Crippen LogP contribution in [0.4, 0.5) is 0 Å². The summed E-state index contributed by atoms with van der Waals surface area (Å²) >= 11 is 1.62. The van der Waals surface area contributed by atoms with Crippen LogP contribution in [0.1, 0.15) is 52.2 Å². The van der Waals surface area contributed by atoms with Crippen molar-refractivity contribution in [3.63, 3.8) is 0 Å². The van der Waals surface area contributed by atoms with E-state index >= 15 is 0 Å². The SMILES string of the molecule is Cc1nc([C@@H]2CCCN2Cc2c(C)nsc2C)[nH]c1C. The highest BCUT2D eigenvalue weighted by molar-refractivity contribution is 7.05. The van der Waals surface area contributed by atoms with Gasteiger partial charge in [-0.25, -0.2) is 4.98 Å². The van der Waals surface area contributed by atoms with Gasteiger partial charge >= 0.3 is 0 Å². The van der Waals surface area contributed by atoms with E-state index in [9.17, 15) is 0 Å². The third kappa shape index (κ3) is 2.40. The molecular formula is C15H22N4S. The normalized spacial score (nSPS) is 19.9. The van der Waals surface area contributed by atoms with Gasteiger partial charge in [-0.15, -0.1) is 0 Å². The van der Waals surface area contributed by atoms with Crippen LogP contribution in [0.15, 0.2) is 0 Å². The summed E-state index contributed by atoms with van der Waals surface area (Å²) in [5.74, 6) is 1.14. The molecule has 1 aliphatic rings. The first kappa shape index (κ1) is 13.8. The fraction of sp³-hybridized carbons (Fsp3) is 0.600. The van der Waals surface area contributed by atoms with E-state index in [1.807, 2.05) is 0 Å². The molecule has 0 radical (unpaired) electrons. The maximum atomic E-state index is 4.71. The number of nitrogens with one attached hydrogen (secondary N) is 1. The van der Waals surface area contributed by atoms with Crippen molar-refractivity contribution in [2.24, 2.45) is 0 Å². The molecule has 0 spiro atoms. The molecule has 1 atom stereocenters. The van der Waals surface area contributed by atoms with Crippen molar-refractivity contribution in [1.82, 2.24) is 19.2 Å². The average molecular weight is 290 g/mol. The summed E-state index contributed by atoms with van der Waals surface area (Å²) in [5, 5.41) is 0. The molecule has 0 saturated carbocycles. The fourth-order valence-electron chi connectivity index (χ4n) is 2.99. The van der Waals surface area contributed by atoms with Crippen LogP contribution >= 0.6 is 11.5 Å². The van der Waals surface area contributed by atoms with E-state index in [1.54, 1.807) is 11.5 Å². The first-order valence-corrected chi connectivity index (χ1v) is 8.02. The highest BCUT2D eigenvalue weighted by atomic mass is 32.1. The number of aromatic nitrogens is 3. The number of aromatic amines is 1. The zero-order valence-electron chi connectivity index (χ0n) is 12.7. The predicted molar refractivity (Wildman–Crippen MR) is 82.0 cm³/mol. The van der Waals surface area contributed by atoms with Crippen LogP contribution in [0.5, 0.6) is 0 Å². The largest absolute Gasteiger partial charge is 0.345 e. The first-order chi connectivity index (χ1) is 9.56. The molecule has 1 N–H and O–H groups in total.